The monoisotopic (exact) mass is 360 g/mol. The van der Waals surface area contributed by atoms with Crippen LogP contribution in [0.25, 0.3) is 0 Å². The average Bonchev–Trinajstić information content (AvgIpc) is 3.47. The van der Waals surface area contributed by atoms with E-state index in [1.807, 2.05) is 18.2 Å². The minimum atomic E-state index is -0.420. The molecule has 0 saturated heterocycles. The Morgan fingerprint density at radius 1 is 0.963 bits per heavy atom. The van der Waals surface area contributed by atoms with Gasteiger partial charge in [-0.25, -0.2) is 0 Å². The smallest absolute Gasteiger partial charge is 0.255 e. The second kappa shape index (κ2) is 8.28. The molecule has 27 heavy (non-hydrogen) atoms. The van der Waals surface area contributed by atoms with Crippen molar-refractivity contribution in [3.05, 3.63) is 65.7 Å². The molecule has 0 atom stereocenters. The van der Waals surface area contributed by atoms with Crippen LogP contribution >= 0.6 is 0 Å². The van der Waals surface area contributed by atoms with Crippen molar-refractivity contribution in [3.8, 4) is 12.3 Å². The van der Waals surface area contributed by atoms with Crippen LogP contribution in [0.3, 0.4) is 0 Å². The SMILES string of the molecule is C#CCCC1(CCNC(=O)c2cccc(C(=O)Nc3ccccc3)c2)N=N1. The summed E-state index contributed by atoms with van der Waals surface area (Å²) in [7, 11) is 0. The van der Waals surface area contributed by atoms with Crippen LogP contribution in [-0.2, 0) is 0 Å². The minimum absolute atomic E-state index is 0.239. The summed E-state index contributed by atoms with van der Waals surface area (Å²) in [5.41, 5.74) is 1.13. The number of para-hydroxylation sites is 1. The van der Waals surface area contributed by atoms with Crippen LogP contribution in [-0.4, -0.2) is 24.0 Å². The fourth-order valence-corrected chi connectivity index (χ4v) is 2.67. The number of amides is 2. The lowest BCUT2D eigenvalue weighted by atomic mass is 10.0. The Morgan fingerprint density at radius 2 is 1.67 bits per heavy atom. The Bertz CT molecular complexity index is 894. The van der Waals surface area contributed by atoms with Crippen LogP contribution in [0, 0.1) is 12.3 Å². The zero-order chi connectivity index (χ0) is 19.1. The second-order valence-corrected chi connectivity index (χ2v) is 6.29. The predicted molar refractivity (Wildman–Crippen MR) is 103 cm³/mol. The van der Waals surface area contributed by atoms with Crippen molar-refractivity contribution in [1.29, 1.82) is 0 Å². The van der Waals surface area contributed by atoms with E-state index in [2.05, 4.69) is 26.8 Å². The zero-order valence-corrected chi connectivity index (χ0v) is 14.8. The fourth-order valence-electron chi connectivity index (χ4n) is 2.67. The van der Waals surface area contributed by atoms with Crippen molar-refractivity contribution in [2.24, 2.45) is 10.2 Å². The van der Waals surface area contributed by atoms with E-state index in [1.54, 1.807) is 36.4 Å². The zero-order valence-electron chi connectivity index (χ0n) is 14.8. The largest absolute Gasteiger partial charge is 0.352 e. The Hall–Kier alpha value is -3.46. The molecule has 1 heterocycles. The molecule has 2 N–H and O–H groups in total. The van der Waals surface area contributed by atoms with E-state index in [9.17, 15) is 9.59 Å². The molecule has 2 aromatic carbocycles. The second-order valence-electron chi connectivity index (χ2n) is 6.29. The number of carbonyl (C=O) groups excluding carboxylic acids is 2. The van der Waals surface area contributed by atoms with Crippen LogP contribution in [0.5, 0.6) is 0 Å². The maximum absolute atomic E-state index is 12.4. The molecule has 0 radical (unpaired) electrons. The molecular formula is C21H20N4O2. The maximum atomic E-state index is 12.4. The van der Waals surface area contributed by atoms with Gasteiger partial charge in [0.1, 0.15) is 0 Å². The molecule has 1 aliphatic rings. The highest BCUT2D eigenvalue weighted by Crippen LogP contribution is 2.36. The highest BCUT2D eigenvalue weighted by Gasteiger charge is 2.38. The highest BCUT2D eigenvalue weighted by molar-refractivity contribution is 6.06. The molecule has 2 aromatic rings. The van der Waals surface area contributed by atoms with Gasteiger partial charge in [0, 0.05) is 42.6 Å². The minimum Gasteiger partial charge on any atom is -0.352 e. The molecule has 0 aromatic heterocycles. The molecule has 0 fully saturated rings. The summed E-state index contributed by atoms with van der Waals surface area (Å²) >= 11 is 0. The van der Waals surface area contributed by atoms with Crippen molar-refractivity contribution in [2.45, 2.75) is 24.9 Å². The highest BCUT2D eigenvalue weighted by atomic mass is 16.2. The lowest BCUT2D eigenvalue weighted by Gasteiger charge is -2.10. The molecule has 3 rings (SSSR count). The van der Waals surface area contributed by atoms with E-state index in [0.717, 1.165) is 0 Å². The molecule has 6 nitrogen and oxygen atoms in total. The van der Waals surface area contributed by atoms with Gasteiger partial charge in [0.2, 0.25) is 0 Å². The Balaban J connectivity index is 1.54. The number of carbonyl (C=O) groups is 2. The molecule has 6 heteroatoms. The normalized spacial score (nSPS) is 13.4. The lowest BCUT2D eigenvalue weighted by molar-refractivity contribution is 0.0952. The summed E-state index contributed by atoms with van der Waals surface area (Å²) in [5.74, 6) is 2.07. The number of rotatable bonds is 8. The van der Waals surface area contributed by atoms with Gasteiger partial charge in [-0.3, -0.25) is 9.59 Å². The van der Waals surface area contributed by atoms with Crippen molar-refractivity contribution in [3.63, 3.8) is 0 Å². The van der Waals surface area contributed by atoms with E-state index in [-0.39, 0.29) is 11.8 Å². The average molecular weight is 360 g/mol. The summed E-state index contributed by atoms with van der Waals surface area (Å²) < 4.78 is 0. The van der Waals surface area contributed by atoms with E-state index in [0.29, 0.717) is 42.6 Å². The van der Waals surface area contributed by atoms with Crippen molar-refractivity contribution in [1.82, 2.24) is 5.32 Å². The first-order chi connectivity index (χ1) is 13.1. The molecule has 0 saturated carbocycles. The quantitative estimate of drug-likeness (QED) is 0.705. The topological polar surface area (TPSA) is 82.9 Å². The van der Waals surface area contributed by atoms with Gasteiger partial charge in [-0.05, 0) is 30.3 Å². The van der Waals surface area contributed by atoms with E-state index >= 15 is 0 Å². The number of benzene rings is 2. The number of nitrogens with zero attached hydrogens (tertiary/aromatic N) is 2. The van der Waals surface area contributed by atoms with Crippen molar-refractivity contribution >= 4 is 17.5 Å². The van der Waals surface area contributed by atoms with Gasteiger partial charge >= 0.3 is 0 Å². The number of hydrogen-bond acceptors (Lipinski definition) is 4. The van der Waals surface area contributed by atoms with Crippen molar-refractivity contribution in [2.75, 3.05) is 11.9 Å². The van der Waals surface area contributed by atoms with E-state index < -0.39 is 5.66 Å². The molecule has 0 aliphatic carbocycles. The van der Waals surface area contributed by atoms with Gasteiger partial charge in [-0.15, -0.1) is 12.3 Å². The Labute approximate surface area is 158 Å². The predicted octanol–water partition coefficient (Wildman–Crippen LogP) is 3.63. The summed E-state index contributed by atoms with van der Waals surface area (Å²) in [6.07, 6.45) is 7.20. The third kappa shape index (κ3) is 5.02. The molecule has 0 bridgehead atoms. The summed E-state index contributed by atoms with van der Waals surface area (Å²) in [6, 6.07) is 15.8. The van der Waals surface area contributed by atoms with Gasteiger partial charge in [0.15, 0.2) is 5.66 Å². The Morgan fingerprint density at radius 3 is 2.33 bits per heavy atom. The number of hydrogen-bond donors (Lipinski definition) is 2. The number of nitrogens with one attached hydrogen (secondary N) is 2. The van der Waals surface area contributed by atoms with Crippen LogP contribution in [0.2, 0.25) is 0 Å². The summed E-state index contributed by atoms with van der Waals surface area (Å²) in [6.45, 7) is 0.441. The van der Waals surface area contributed by atoms with Crippen LogP contribution in [0.4, 0.5) is 5.69 Å². The lowest BCUT2D eigenvalue weighted by Crippen LogP contribution is -2.28. The van der Waals surface area contributed by atoms with Gasteiger partial charge < -0.3 is 10.6 Å². The first-order valence-electron chi connectivity index (χ1n) is 8.74. The molecule has 1 aliphatic heterocycles. The standard InChI is InChI=1S/C21H20N4O2/c1-2-3-12-21(24-25-21)13-14-22-19(26)16-8-7-9-17(15-16)20(27)23-18-10-5-4-6-11-18/h1,4-11,15H,3,12-14H2,(H,22,26)(H,23,27). The molecule has 0 spiro atoms. The molecule has 136 valence electrons. The van der Waals surface area contributed by atoms with Crippen LogP contribution in [0.15, 0.2) is 64.8 Å². The first kappa shape index (κ1) is 18.3. The summed E-state index contributed by atoms with van der Waals surface area (Å²) in [5, 5.41) is 13.7. The van der Waals surface area contributed by atoms with Gasteiger partial charge in [-0.2, -0.15) is 10.2 Å². The van der Waals surface area contributed by atoms with Gasteiger partial charge in [-0.1, -0.05) is 24.3 Å². The van der Waals surface area contributed by atoms with Gasteiger partial charge in [0.25, 0.3) is 11.8 Å². The third-order valence-electron chi connectivity index (χ3n) is 4.28. The van der Waals surface area contributed by atoms with E-state index in [1.165, 1.54) is 0 Å². The van der Waals surface area contributed by atoms with Crippen molar-refractivity contribution < 1.29 is 9.59 Å². The number of anilines is 1. The number of terminal acetylenes is 1. The van der Waals surface area contributed by atoms with E-state index in [4.69, 9.17) is 6.42 Å². The summed E-state index contributed by atoms with van der Waals surface area (Å²) in [4.78, 5) is 24.7. The molecular weight excluding hydrogens is 340 g/mol. The third-order valence-corrected chi connectivity index (χ3v) is 4.28. The van der Waals surface area contributed by atoms with Crippen LogP contribution < -0.4 is 10.6 Å². The van der Waals surface area contributed by atoms with Crippen LogP contribution in [0.1, 0.15) is 40.0 Å². The first-order valence-corrected chi connectivity index (χ1v) is 8.74. The molecule has 2 amide bonds. The molecule has 0 unspecified atom stereocenters. The maximum Gasteiger partial charge on any atom is 0.255 e. The Kier molecular flexibility index (Phi) is 5.62. The van der Waals surface area contributed by atoms with Gasteiger partial charge in [0.05, 0.1) is 0 Å². The fraction of sp³-hybridized carbons (Fsp3) is 0.238.